The van der Waals surface area contributed by atoms with Crippen molar-refractivity contribution in [2.45, 2.75) is 13.8 Å². The van der Waals surface area contributed by atoms with Crippen LogP contribution in [0.15, 0.2) is 40.9 Å². The number of fused-ring (bicyclic) bond motifs is 1. The van der Waals surface area contributed by atoms with Gasteiger partial charge in [0.1, 0.15) is 0 Å². The minimum atomic E-state index is -0.242. The first-order chi connectivity index (χ1) is 9.50. The summed E-state index contributed by atoms with van der Waals surface area (Å²) in [5.74, 6) is -0.484. The van der Waals surface area contributed by atoms with Crippen molar-refractivity contribution < 1.29 is 9.59 Å². The van der Waals surface area contributed by atoms with Gasteiger partial charge < -0.3 is 0 Å². The molecule has 0 unspecified atom stereocenters. The molecule has 3 nitrogen and oxygen atoms in total. The number of benzene rings is 2. The zero-order valence-electron chi connectivity index (χ0n) is 11.1. The molecule has 2 aromatic carbocycles. The summed E-state index contributed by atoms with van der Waals surface area (Å²) >= 11 is 3.35. The molecule has 0 N–H and O–H groups in total. The third-order valence-corrected chi connectivity index (χ3v) is 4.07. The van der Waals surface area contributed by atoms with Gasteiger partial charge >= 0.3 is 0 Å². The SMILES string of the molecule is Cc1ccc(C)c2c1C(=O)N(c1ccc(Br)cc1)C2=O. The van der Waals surface area contributed by atoms with E-state index in [9.17, 15) is 9.59 Å². The molecular formula is C16H12BrNO2. The fourth-order valence-corrected chi connectivity index (χ4v) is 2.77. The molecule has 0 aliphatic carbocycles. The van der Waals surface area contributed by atoms with E-state index >= 15 is 0 Å². The Morgan fingerprint density at radius 1 is 0.800 bits per heavy atom. The Balaban J connectivity index is 2.17. The summed E-state index contributed by atoms with van der Waals surface area (Å²) < 4.78 is 0.908. The van der Waals surface area contributed by atoms with Crippen LogP contribution < -0.4 is 4.90 Å². The number of anilines is 1. The van der Waals surface area contributed by atoms with E-state index in [1.807, 2.05) is 38.1 Å². The quantitative estimate of drug-likeness (QED) is 0.745. The maximum absolute atomic E-state index is 12.6. The van der Waals surface area contributed by atoms with Gasteiger partial charge in [0.2, 0.25) is 0 Å². The molecule has 1 heterocycles. The standard InChI is InChI=1S/C16H12BrNO2/c1-9-3-4-10(2)14-13(9)15(19)18(16(14)20)12-7-5-11(17)6-8-12/h3-8H,1-2H3. The smallest absolute Gasteiger partial charge is 0.266 e. The minimum Gasteiger partial charge on any atom is -0.268 e. The molecule has 0 spiro atoms. The highest BCUT2D eigenvalue weighted by molar-refractivity contribution is 9.10. The summed E-state index contributed by atoms with van der Waals surface area (Å²) in [6.07, 6.45) is 0. The zero-order chi connectivity index (χ0) is 14.4. The van der Waals surface area contributed by atoms with Crippen LogP contribution in [0.3, 0.4) is 0 Å². The topological polar surface area (TPSA) is 37.4 Å². The number of hydrogen-bond donors (Lipinski definition) is 0. The normalized spacial score (nSPS) is 13.8. The van der Waals surface area contributed by atoms with Gasteiger partial charge in [0.25, 0.3) is 11.8 Å². The number of aryl methyl sites for hydroxylation is 2. The van der Waals surface area contributed by atoms with Crippen LogP contribution in [0.2, 0.25) is 0 Å². The summed E-state index contributed by atoms with van der Waals surface area (Å²) in [5, 5.41) is 0. The predicted octanol–water partition coefficient (Wildman–Crippen LogP) is 3.87. The number of imide groups is 1. The fraction of sp³-hybridized carbons (Fsp3) is 0.125. The minimum absolute atomic E-state index is 0.242. The van der Waals surface area contributed by atoms with Crippen molar-refractivity contribution in [3.63, 3.8) is 0 Å². The fourth-order valence-electron chi connectivity index (χ4n) is 2.50. The second-order valence-corrected chi connectivity index (χ2v) is 5.79. The highest BCUT2D eigenvalue weighted by atomic mass is 79.9. The molecule has 0 atom stereocenters. The van der Waals surface area contributed by atoms with Crippen molar-refractivity contribution in [3.05, 3.63) is 63.1 Å². The number of halogens is 1. The average Bonchev–Trinajstić information content (AvgIpc) is 2.69. The Labute approximate surface area is 125 Å². The molecule has 1 aliphatic rings. The first kappa shape index (κ1) is 13.1. The van der Waals surface area contributed by atoms with Crippen LogP contribution in [0.25, 0.3) is 0 Å². The summed E-state index contributed by atoms with van der Waals surface area (Å²) in [6, 6.07) is 10.9. The van der Waals surface area contributed by atoms with Gasteiger partial charge in [-0.2, -0.15) is 0 Å². The van der Waals surface area contributed by atoms with Gasteiger partial charge in [-0.25, -0.2) is 4.90 Å². The van der Waals surface area contributed by atoms with Gasteiger partial charge in [-0.1, -0.05) is 28.1 Å². The van der Waals surface area contributed by atoms with Crippen LogP contribution in [0, 0.1) is 13.8 Å². The Kier molecular flexibility index (Phi) is 2.98. The number of carbonyl (C=O) groups excluding carboxylic acids is 2. The highest BCUT2D eigenvalue weighted by Crippen LogP contribution is 2.32. The van der Waals surface area contributed by atoms with E-state index in [4.69, 9.17) is 0 Å². The molecule has 2 aromatic rings. The van der Waals surface area contributed by atoms with E-state index in [-0.39, 0.29) is 11.8 Å². The van der Waals surface area contributed by atoms with Crippen LogP contribution in [-0.4, -0.2) is 11.8 Å². The van der Waals surface area contributed by atoms with Gasteiger partial charge in [-0.15, -0.1) is 0 Å². The van der Waals surface area contributed by atoms with Crippen LogP contribution in [0.4, 0.5) is 5.69 Å². The lowest BCUT2D eigenvalue weighted by Gasteiger charge is -2.13. The second-order valence-electron chi connectivity index (χ2n) is 4.87. The lowest BCUT2D eigenvalue weighted by molar-refractivity contribution is 0.0926. The van der Waals surface area contributed by atoms with E-state index < -0.39 is 0 Å². The molecule has 0 aromatic heterocycles. The van der Waals surface area contributed by atoms with Crippen molar-refractivity contribution in [1.82, 2.24) is 0 Å². The Morgan fingerprint density at radius 2 is 1.25 bits per heavy atom. The molecule has 4 heteroatoms. The molecule has 0 bridgehead atoms. The monoisotopic (exact) mass is 329 g/mol. The summed E-state index contributed by atoms with van der Waals surface area (Å²) in [5.41, 5.74) is 3.32. The maximum atomic E-state index is 12.6. The predicted molar refractivity (Wildman–Crippen MR) is 81.2 cm³/mol. The largest absolute Gasteiger partial charge is 0.268 e. The summed E-state index contributed by atoms with van der Waals surface area (Å²) in [4.78, 5) is 26.4. The van der Waals surface area contributed by atoms with E-state index in [1.165, 1.54) is 4.90 Å². The van der Waals surface area contributed by atoms with Crippen LogP contribution >= 0.6 is 15.9 Å². The Hall–Kier alpha value is -1.94. The molecule has 1 aliphatic heterocycles. The number of amides is 2. The van der Waals surface area contributed by atoms with Crippen LogP contribution in [-0.2, 0) is 0 Å². The maximum Gasteiger partial charge on any atom is 0.266 e. The second kappa shape index (κ2) is 4.56. The molecule has 2 amide bonds. The summed E-state index contributed by atoms with van der Waals surface area (Å²) in [6.45, 7) is 3.71. The third-order valence-electron chi connectivity index (χ3n) is 3.54. The van der Waals surface area contributed by atoms with E-state index in [0.717, 1.165) is 15.6 Å². The van der Waals surface area contributed by atoms with Gasteiger partial charge in [-0.05, 0) is 49.2 Å². The lowest BCUT2D eigenvalue weighted by Crippen LogP contribution is -2.29. The number of hydrogen-bond acceptors (Lipinski definition) is 2. The lowest BCUT2D eigenvalue weighted by atomic mass is 9.99. The van der Waals surface area contributed by atoms with E-state index in [1.54, 1.807) is 12.1 Å². The first-order valence-corrected chi connectivity index (χ1v) is 7.04. The number of carbonyl (C=O) groups is 2. The molecule has 0 saturated heterocycles. The summed E-state index contributed by atoms with van der Waals surface area (Å²) in [7, 11) is 0. The van der Waals surface area contributed by atoms with Crippen molar-refractivity contribution in [2.24, 2.45) is 0 Å². The van der Waals surface area contributed by atoms with Gasteiger partial charge in [0.05, 0.1) is 16.8 Å². The first-order valence-electron chi connectivity index (χ1n) is 6.25. The molecule has 100 valence electrons. The molecule has 3 rings (SSSR count). The number of rotatable bonds is 1. The van der Waals surface area contributed by atoms with Crippen molar-refractivity contribution >= 4 is 33.4 Å². The molecule has 0 fully saturated rings. The Morgan fingerprint density at radius 3 is 1.70 bits per heavy atom. The Bertz CT molecular complexity index is 694. The number of nitrogens with zero attached hydrogens (tertiary/aromatic N) is 1. The molecule has 0 saturated carbocycles. The van der Waals surface area contributed by atoms with Gasteiger partial charge in [0, 0.05) is 4.47 Å². The highest BCUT2D eigenvalue weighted by Gasteiger charge is 2.38. The molecule has 20 heavy (non-hydrogen) atoms. The van der Waals surface area contributed by atoms with E-state index in [2.05, 4.69) is 15.9 Å². The van der Waals surface area contributed by atoms with Crippen molar-refractivity contribution in [3.8, 4) is 0 Å². The third kappa shape index (κ3) is 1.79. The molecular weight excluding hydrogens is 318 g/mol. The van der Waals surface area contributed by atoms with E-state index in [0.29, 0.717) is 16.8 Å². The molecule has 0 radical (unpaired) electrons. The zero-order valence-corrected chi connectivity index (χ0v) is 12.7. The van der Waals surface area contributed by atoms with Crippen LogP contribution in [0.5, 0.6) is 0 Å². The van der Waals surface area contributed by atoms with Gasteiger partial charge in [0.15, 0.2) is 0 Å². The van der Waals surface area contributed by atoms with Crippen molar-refractivity contribution in [2.75, 3.05) is 4.90 Å². The van der Waals surface area contributed by atoms with Crippen LogP contribution in [0.1, 0.15) is 31.8 Å². The van der Waals surface area contributed by atoms with Gasteiger partial charge in [-0.3, -0.25) is 9.59 Å². The average molecular weight is 330 g/mol. The van der Waals surface area contributed by atoms with Crippen molar-refractivity contribution in [1.29, 1.82) is 0 Å².